The molecular weight excluding hydrogens is 406 g/mol. The van der Waals surface area contributed by atoms with E-state index in [1.54, 1.807) is 12.1 Å². The van der Waals surface area contributed by atoms with Gasteiger partial charge in [0.2, 0.25) is 5.75 Å². The Balaban J connectivity index is 1.82. The lowest BCUT2D eigenvalue weighted by molar-refractivity contribution is -0.0705. The number of hydrogen-bond donors (Lipinski definition) is 2. The first-order valence-electron chi connectivity index (χ1n) is 9.89. The van der Waals surface area contributed by atoms with Crippen molar-refractivity contribution in [2.75, 3.05) is 20.8 Å². The van der Waals surface area contributed by atoms with Crippen LogP contribution in [0.25, 0.3) is 0 Å². The normalized spacial score (nSPS) is 22.9. The Morgan fingerprint density at radius 2 is 1.97 bits per heavy atom. The molecule has 3 heterocycles. The number of aliphatic imine (C=N–C) groups is 1. The van der Waals surface area contributed by atoms with Crippen LogP contribution >= 0.6 is 11.8 Å². The van der Waals surface area contributed by atoms with Gasteiger partial charge in [-0.05, 0) is 51.3 Å². The number of ether oxygens (including phenoxy) is 3. The molecule has 2 atom stereocenters. The first-order chi connectivity index (χ1) is 14.2. The molecule has 8 nitrogen and oxygen atoms in total. The Bertz CT molecular complexity index is 1030. The highest BCUT2D eigenvalue weighted by molar-refractivity contribution is 8.14. The van der Waals surface area contributed by atoms with Gasteiger partial charge in [-0.25, -0.2) is 4.99 Å². The van der Waals surface area contributed by atoms with Crippen LogP contribution in [0.3, 0.4) is 0 Å². The van der Waals surface area contributed by atoms with Crippen LogP contribution in [0.5, 0.6) is 17.2 Å². The van der Waals surface area contributed by atoms with Gasteiger partial charge in [0.05, 0.1) is 41.7 Å². The van der Waals surface area contributed by atoms with Crippen molar-refractivity contribution in [1.82, 2.24) is 9.78 Å². The molecular formula is C21H27N3O5S. The Kier molecular flexibility index (Phi) is 5.36. The smallest absolute Gasteiger partial charge is 0.271 e. The minimum atomic E-state index is -0.293. The van der Waals surface area contributed by atoms with E-state index in [1.165, 1.54) is 26.0 Å². The number of aromatic nitrogens is 2. The molecule has 2 aliphatic rings. The van der Waals surface area contributed by atoms with E-state index < -0.39 is 0 Å². The summed E-state index contributed by atoms with van der Waals surface area (Å²) in [4.78, 5) is 17.8. The van der Waals surface area contributed by atoms with Crippen LogP contribution in [0.2, 0.25) is 0 Å². The molecule has 1 fully saturated rings. The Labute approximate surface area is 179 Å². The van der Waals surface area contributed by atoms with E-state index in [9.17, 15) is 9.90 Å². The lowest BCUT2D eigenvalue weighted by Crippen LogP contribution is -2.35. The number of H-pyrrole nitrogens is 1. The van der Waals surface area contributed by atoms with Crippen molar-refractivity contribution < 1.29 is 19.3 Å². The predicted octanol–water partition coefficient (Wildman–Crippen LogP) is 3.92. The maximum atomic E-state index is 13.1. The van der Waals surface area contributed by atoms with Gasteiger partial charge < -0.3 is 19.3 Å². The Morgan fingerprint density at radius 3 is 2.57 bits per heavy atom. The topological polar surface area (TPSA) is 98.1 Å². The van der Waals surface area contributed by atoms with Crippen LogP contribution in [0.1, 0.15) is 56.0 Å². The molecule has 1 saturated heterocycles. The maximum absolute atomic E-state index is 13.1. The fourth-order valence-corrected chi connectivity index (χ4v) is 5.28. The summed E-state index contributed by atoms with van der Waals surface area (Å²) in [6.07, 6.45) is 1.60. The second-order valence-corrected chi connectivity index (χ2v) is 9.50. The molecule has 4 rings (SSSR count). The largest absolute Gasteiger partial charge is 0.502 e. The number of aromatic hydroxyl groups is 1. The lowest BCUT2D eigenvalue weighted by atomic mass is 9.94. The number of benzene rings is 1. The number of phenolic OH excluding ortho intramolecular Hbond substituents is 1. The van der Waals surface area contributed by atoms with E-state index in [1.807, 2.05) is 11.6 Å². The van der Waals surface area contributed by atoms with Gasteiger partial charge in [0, 0.05) is 6.61 Å². The molecule has 0 radical (unpaired) electrons. The van der Waals surface area contributed by atoms with Crippen LogP contribution in [0.15, 0.2) is 21.9 Å². The molecule has 30 heavy (non-hydrogen) atoms. The maximum Gasteiger partial charge on any atom is 0.271 e. The van der Waals surface area contributed by atoms with Gasteiger partial charge in [-0.1, -0.05) is 11.8 Å². The molecule has 162 valence electrons. The number of nitrogens with zero attached hydrogens (tertiary/aromatic N) is 2. The second kappa shape index (κ2) is 7.70. The van der Waals surface area contributed by atoms with Gasteiger partial charge in [-0.2, -0.15) is 0 Å². The highest BCUT2D eigenvalue weighted by Gasteiger charge is 2.36. The standard InChI is InChI=1S/C21H27N3O5S/c1-11-22-19-16(20(26)23-24(19)13-6-7-29-21(2,3)10-13)18(30-11)12-8-14(27-4)17(25)15(9-12)28-5/h8-9,13,18,25H,6-7,10H2,1-5H3,(H,23,26). The molecule has 2 unspecified atom stereocenters. The van der Waals surface area contributed by atoms with Crippen molar-refractivity contribution in [3.8, 4) is 17.2 Å². The van der Waals surface area contributed by atoms with Crippen LogP contribution in [0, 0.1) is 0 Å². The number of thioether (sulfide) groups is 1. The molecule has 1 aromatic heterocycles. The minimum absolute atomic E-state index is 0.0638. The monoisotopic (exact) mass is 433 g/mol. The van der Waals surface area contributed by atoms with Crippen molar-refractivity contribution in [2.24, 2.45) is 4.99 Å². The number of fused-ring (bicyclic) bond motifs is 1. The van der Waals surface area contributed by atoms with Gasteiger partial charge in [0.25, 0.3) is 5.56 Å². The minimum Gasteiger partial charge on any atom is -0.502 e. The van der Waals surface area contributed by atoms with E-state index in [0.717, 1.165) is 23.4 Å². The third kappa shape index (κ3) is 3.60. The molecule has 1 aromatic carbocycles. The van der Waals surface area contributed by atoms with Crippen molar-refractivity contribution >= 4 is 22.6 Å². The summed E-state index contributed by atoms with van der Waals surface area (Å²) in [5.41, 5.74) is 0.993. The summed E-state index contributed by atoms with van der Waals surface area (Å²) in [5.74, 6) is 1.20. The molecule has 9 heteroatoms. The first kappa shape index (κ1) is 20.9. The summed E-state index contributed by atoms with van der Waals surface area (Å²) in [5, 5.41) is 13.9. The van der Waals surface area contributed by atoms with Crippen molar-refractivity contribution in [3.05, 3.63) is 33.6 Å². The molecule has 0 bridgehead atoms. The number of nitrogens with one attached hydrogen (secondary N) is 1. The average molecular weight is 434 g/mol. The quantitative estimate of drug-likeness (QED) is 0.759. The Morgan fingerprint density at radius 1 is 1.30 bits per heavy atom. The summed E-state index contributed by atoms with van der Waals surface area (Å²) in [7, 11) is 2.97. The number of phenols is 1. The summed E-state index contributed by atoms with van der Waals surface area (Å²) in [6, 6.07) is 3.59. The van der Waals surface area contributed by atoms with E-state index >= 15 is 0 Å². The number of methoxy groups -OCH3 is 2. The third-order valence-electron chi connectivity index (χ3n) is 5.59. The number of rotatable bonds is 4. The van der Waals surface area contributed by atoms with Crippen LogP contribution in [0.4, 0.5) is 5.82 Å². The highest BCUT2D eigenvalue weighted by Crippen LogP contribution is 2.48. The zero-order valence-corrected chi connectivity index (χ0v) is 18.6. The van der Waals surface area contributed by atoms with Gasteiger partial charge >= 0.3 is 0 Å². The van der Waals surface area contributed by atoms with E-state index in [0.29, 0.717) is 29.5 Å². The molecule has 2 aliphatic heterocycles. The van der Waals surface area contributed by atoms with Crippen molar-refractivity contribution in [3.63, 3.8) is 0 Å². The summed E-state index contributed by atoms with van der Waals surface area (Å²) >= 11 is 1.50. The number of hydrogen-bond acceptors (Lipinski definition) is 7. The van der Waals surface area contributed by atoms with Crippen molar-refractivity contribution in [1.29, 1.82) is 0 Å². The van der Waals surface area contributed by atoms with Crippen LogP contribution < -0.4 is 15.0 Å². The molecule has 0 saturated carbocycles. The second-order valence-electron chi connectivity index (χ2n) is 8.21. The molecule has 0 spiro atoms. The van der Waals surface area contributed by atoms with Crippen molar-refractivity contribution in [2.45, 2.75) is 50.5 Å². The zero-order valence-electron chi connectivity index (χ0n) is 17.8. The van der Waals surface area contributed by atoms with Crippen LogP contribution in [-0.4, -0.2) is 46.4 Å². The van der Waals surface area contributed by atoms with Crippen LogP contribution in [-0.2, 0) is 4.74 Å². The zero-order chi connectivity index (χ0) is 21.6. The Hall–Kier alpha value is -2.39. The van der Waals surface area contributed by atoms with E-state index in [2.05, 4.69) is 18.9 Å². The first-order valence-corrected chi connectivity index (χ1v) is 10.8. The number of aromatic amines is 1. The fraction of sp³-hybridized carbons (Fsp3) is 0.524. The van der Waals surface area contributed by atoms with Gasteiger partial charge in [-0.3, -0.25) is 14.6 Å². The molecule has 2 N–H and O–H groups in total. The third-order valence-corrected chi connectivity index (χ3v) is 6.77. The van der Waals surface area contributed by atoms with E-state index in [4.69, 9.17) is 19.2 Å². The fourth-order valence-electron chi connectivity index (χ4n) is 4.19. The van der Waals surface area contributed by atoms with E-state index in [-0.39, 0.29) is 28.2 Å². The van der Waals surface area contributed by atoms with Gasteiger partial charge in [0.15, 0.2) is 17.3 Å². The molecule has 0 amide bonds. The molecule has 0 aliphatic carbocycles. The molecule has 2 aromatic rings. The SMILES string of the molecule is COc1cc(C2SC(C)=Nc3c2c(=O)[nH]n3C2CCOC(C)(C)C2)cc(OC)c1O. The lowest BCUT2D eigenvalue weighted by Gasteiger charge is -2.36. The van der Waals surface area contributed by atoms with Gasteiger partial charge in [-0.15, -0.1) is 0 Å². The summed E-state index contributed by atoms with van der Waals surface area (Å²) < 4.78 is 18.4. The average Bonchev–Trinajstić information content (AvgIpc) is 3.03. The predicted molar refractivity (Wildman–Crippen MR) is 117 cm³/mol. The summed E-state index contributed by atoms with van der Waals surface area (Å²) in [6.45, 7) is 6.70. The highest BCUT2D eigenvalue weighted by atomic mass is 32.2. The van der Waals surface area contributed by atoms with Gasteiger partial charge in [0.1, 0.15) is 0 Å².